The fraction of sp³-hybridized carbons (Fsp3) is 0.286. The van der Waals surface area contributed by atoms with E-state index >= 15 is 0 Å². The van der Waals surface area contributed by atoms with E-state index in [4.69, 9.17) is 15.2 Å². The first kappa shape index (κ1) is 29.3. The first-order valence-corrected chi connectivity index (χ1v) is 14.5. The number of hydrogen-bond acceptors (Lipinski definition) is 8. The maximum Gasteiger partial charge on any atom is 0.255 e. The maximum absolute atomic E-state index is 14.3. The summed E-state index contributed by atoms with van der Waals surface area (Å²) in [7, 11) is 3.45. The van der Waals surface area contributed by atoms with Crippen LogP contribution in [0.15, 0.2) is 95.8 Å². The molecule has 9 nitrogen and oxygen atoms in total. The first-order valence-electron chi connectivity index (χ1n) is 14.5. The molecule has 0 bridgehead atoms. The van der Waals surface area contributed by atoms with E-state index in [1.54, 1.807) is 25.1 Å². The standard InChI is InChI=1S/C35H34N2O7/c1-37(2)29-24-17-23-16-22-14-9-15-25(43-18-20-10-5-3-6-11-20)26(22)30(38)27(23)32(39)35(24,42)33(40)28(34(36)41)31(29)44-19-21-12-7-4-8-13-21/h3-15,23-24,29,38,42H,16-19H2,1-2H3,(H2,36,41)/t23-,24-,29-,35-/m1/s1. The zero-order chi connectivity index (χ0) is 31.2. The van der Waals surface area contributed by atoms with Crippen LogP contribution in [0.1, 0.15) is 28.7 Å². The highest BCUT2D eigenvalue weighted by atomic mass is 16.5. The molecule has 44 heavy (non-hydrogen) atoms. The molecule has 0 aromatic heterocycles. The van der Waals surface area contributed by atoms with Crippen LogP contribution in [0.4, 0.5) is 0 Å². The predicted molar refractivity (Wildman–Crippen MR) is 162 cm³/mol. The number of carbonyl (C=O) groups is 3. The minimum Gasteiger partial charge on any atom is -0.507 e. The first-order chi connectivity index (χ1) is 21.1. The summed E-state index contributed by atoms with van der Waals surface area (Å²) in [5.41, 5.74) is 5.37. The number of Topliss-reactive ketones (excluding diaryl/α,β-unsaturated/α-hetero) is 2. The molecule has 3 aliphatic carbocycles. The Morgan fingerprint density at radius 1 is 0.909 bits per heavy atom. The van der Waals surface area contributed by atoms with Crippen LogP contribution in [0.25, 0.3) is 5.76 Å². The summed E-state index contributed by atoms with van der Waals surface area (Å²) in [6.07, 6.45) is 0.561. The lowest BCUT2D eigenvalue weighted by Crippen LogP contribution is -2.67. The van der Waals surface area contributed by atoms with Crippen molar-refractivity contribution in [3.8, 4) is 5.75 Å². The number of aliphatic hydroxyl groups excluding tert-OH is 1. The van der Waals surface area contributed by atoms with Crippen molar-refractivity contribution in [3.63, 3.8) is 0 Å². The molecule has 4 N–H and O–H groups in total. The van der Waals surface area contributed by atoms with Crippen LogP contribution in [0, 0.1) is 11.8 Å². The number of nitrogens with zero attached hydrogens (tertiary/aromatic N) is 1. The lowest BCUT2D eigenvalue weighted by molar-refractivity contribution is -0.162. The summed E-state index contributed by atoms with van der Waals surface area (Å²) in [6.45, 7) is 0.295. The van der Waals surface area contributed by atoms with Gasteiger partial charge in [-0.1, -0.05) is 72.8 Å². The van der Waals surface area contributed by atoms with Crippen molar-refractivity contribution >= 4 is 23.2 Å². The number of hydrogen-bond donors (Lipinski definition) is 3. The van der Waals surface area contributed by atoms with Gasteiger partial charge in [-0.15, -0.1) is 0 Å². The molecule has 6 rings (SSSR count). The largest absolute Gasteiger partial charge is 0.507 e. The van der Waals surface area contributed by atoms with Crippen LogP contribution in [0.5, 0.6) is 5.75 Å². The van der Waals surface area contributed by atoms with E-state index in [0.29, 0.717) is 17.7 Å². The number of ketones is 2. The van der Waals surface area contributed by atoms with Gasteiger partial charge in [0.05, 0.1) is 11.6 Å². The summed E-state index contributed by atoms with van der Waals surface area (Å²) >= 11 is 0. The van der Waals surface area contributed by atoms with Crippen molar-refractivity contribution in [1.29, 1.82) is 0 Å². The smallest absolute Gasteiger partial charge is 0.255 e. The SMILES string of the molecule is CN(C)[C@H]1C(OCc2ccccc2)=C(C(N)=O)C(=O)[C@]2(O)C(=O)C3=C(O)c4c(cccc4OCc4ccccc4)C[C@@H]3C[C@H]12. The van der Waals surface area contributed by atoms with E-state index in [2.05, 4.69) is 0 Å². The number of ether oxygens (including phenoxy) is 2. The Balaban J connectivity index is 1.41. The average Bonchev–Trinajstić information content (AvgIpc) is 3.01. The van der Waals surface area contributed by atoms with E-state index in [1.807, 2.05) is 72.8 Å². The number of fused-ring (bicyclic) bond motifs is 3. The molecule has 3 aromatic rings. The molecule has 3 aliphatic rings. The lowest BCUT2D eigenvalue weighted by Gasteiger charge is -2.50. The predicted octanol–water partition coefficient (Wildman–Crippen LogP) is 3.50. The molecule has 4 atom stereocenters. The van der Waals surface area contributed by atoms with E-state index in [1.165, 1.54) is 0 Å². The van der Waals surface area contributed by atoms with Crippen molar-refractivity contribution in [2.75, 3.05) is 14.1 Å². The van der Waals surface area contributed by atoms with Gasteiger partial charge in [0.25, 0.3) is 5.91 Å². The summed E-state index contributed by atoms with van der Waals surface area (Å²) in [5, 5.41) is 23.7. The van der Waals surface area contributed by atoms with Gasteiger partial charge >= 0.3 is 0 Å². The van der Waals surface area contributed by atoms with Gasteiger partial charge < -0.3 is 25.4 Å². The molecular formula is C35H34N2O7. The van der Waals surface area contributed by atoms with Crippen LogP contribution >= 0.6 is 0 Å². The third-order valence-corrected chi connectivity index (χ3v) is 8.89. The molecule has 0 unspecified atom stereocenters. The van der Waals surface area contributed by atoms with Gasteiger partial charge in [0.1, 0.15) is 36.1 Å². The average molecular weight is 595 g/mol. The number of rotatable bonds is 8. The molecular weight excluding hydrogens is 560 g/mol. The number of carbonyl (C=O) groups excluding carboxylic acids is 3. The molecule has 0 saturated heterocycles. The monoisotopic (exact) mass is 594 g/mol. The summed E-state index contributed by atoms with van der Waals surface area (Å²) in [4.78, 5) is 42.8. The Labute approximate surface area is 255 Å². The minimum absolute atomic E-state index is 0.0308. The summed E-state index contributed by atoms with van der Waals surface area (Å²) < 4.78 is 12.2. The molecule has 226 valence electrons. The van der Waals surface area contributed by atoms with E-state index < -0.39 is 46.5 Å². The second kappa shape index (κ2) is 11.4. The van der Waals surface area contributed by atoms with Crippen LogP contribution in [0.2, 0.25) is 0 Å². The molecule has 0 radical (unpaired) electrons. The van der Waals surface area contributed by atoms with Crippen LogP contribution in [0.3, 0.4) is 0 Å². The van der Waals surface area contributed by atoms with Gasteiger partial charge in [-0.2, -0.15) is 0 Å². The highest BCUT2D eigenvalue weighted by Crippen LogP contribution is 2.52. The zero-order valence-corrected chi connectivity index (χ0v) is 24.5. The molecule has 1 saturated carbocycles. The number of likely N-dealkylation sites (N-methyl/N-ethyl adjacent to an activating group) is 1. The number of amides is 1. The fourth-order valence-corrected chi connectivity index (χ4v) is 6.89. The lowest BCUT2D eigenvalue weighted by atomic mass is 9.57. The maximum atomic E-state index is 14.3. The van der Waals surface area contributed by atoms with Gasteiger partial charge in [-0.3, -0.25) is 19.3 Å². The molecule has 9 heteroatoms. The van der Waals surface area contributed by atoms with E-state index in [-0.39, 0.29) is 36.7 Å². The third-order valence-electron chi connectivity index (χ3n) is 8.89. The Morgan fingerprint density at radius 2 is 1.52 bits per heavy atom. The van der Waals surface area contributed by atoms with Crippen LogP contribution in [-0.4, -0.2) is 58.3 Å². The van der Waals surface area contributed by atoms with Crippen molar-refractivity contribution < 1.29 is 34.1 Å². The third kappa shape index (κ3) is 4.78. The Hall–Kier alpha value is -4.73. The molecule has 0 heterocycles. The van der Waals surface area contributed by atoms with Crippen LogP contribution in [-0.2, 0) is 38.8 Å². The molecule has 3 aromatic carbocycles. The Bertz CT molecular complexity index is 1700. The van der Waals surface area contributed by atoms with Gasteiger partial charge in [0.2, 0.25) is 11.6 Å². The highest BCUT2D eigenvalue weighted by Gasteiger charge is 2.65. The number of benzene rings is 3. The second-order valence-corrected chi connectivity index (χ2v) is 11.8. The van der Waals surface area contributed by atoms with Crippen molar-refractivity contribution in [1.82, 2.24) is 4.90 Å². The van der Waals surface area contributed by atoms with Gasteiger partial charge in [0, 0.05) is 11.5 Å². The van der Waals surface area contributed by atoms with E-state index in [0.717, 1.165) is 16.7 Å². The van der Waals surface area contributed by atoms with Gasteiger partial charge in [-0.25, -0.2) is 0 Å². The molecule has 0 spiro atoms. The van der Waals surface area contributed by atoms with Crippen molar-refractivity contribution in [3.05, 3.63) is 118 Å². The summed E-state index contributed by atoms with van der Waals surface area (Å²) in [6, 6.07) is 23.4. The van der Waals surface area contributed by atoms with Crippen molar-refractivity contribution in [2.45, 2.75) is 37.7 Å². The number of primary amides is 1. The Kier molecular flexibility index (Phi) is 7.61. The van der Waals surface area contributed by atoms with Gasteiger partial charge in [-0.05, 0) is 55.6 Å². The highest BCUT2D eigenvalue weighted by molar-refractivity contribution is 6.33. The molecule has 0 aliphatic heterocycles. The fourth-order valence-electron chi connectivity index (χ4n) is 6.89. The van der Waals surface area contributed by atoms with Gasteiger partial charge in [0.15, 0.2) is 5.60 Å². The normalized spacial score (nSPS) is 24.5. The molecule has 1 fully saturated rings. The summed E-state index contributed by atoms with van der Waals surface area (Å²) in [5.74, 6) is -4.53. The second-order valence-electron chi connectivity index (χ2n) is 11.8. The number of aliphatic hydroxyl groups is 2. The Morgan fingerprint density at radius 3 is 2.11 bits per heavy atom. The van der Waals surface area contributed by atoms with Crippen molar-refractivity contribution in [2.24, 2.45) is 17.6 Å². The molecule has 1 amide bonds. The topological polar surface area (TPSA) is 139 Å². The number of nitrogens with two attached hydrogens (primary N) is 1. The van der Waals surface area contributed by atoms with E-state index in [9.17, 15) is 24.6 Å². The minimum atomic E-state index is -2.63. The quantitative estimate of drug-likeness (QED) is 0.266. The van der Waals surface area contributed by atoms with Crippen LogP contribution < -0.4 is 10.5 Å². The zero-order valence-electron chi connectivity index (χ0n) is 24.5.